The van der Waals surface area contributed by atoms with Gasteiger partial charge in [-0.25, -0.2) is 23.9 Å². The van der Waals surface area contributed by atoms with E-state index in [0.29, 0.717) is 23.1 Å². The minimum Gasteiger partial charge on any atom is -0.381 e. The molecule has 0 saturated carbocycles. The minimum atomic E-state index is -0.287. The molecule has 3 aromatic heterocycles. The molecule has 0 unspecified atom stereocenters. The van der Waals surface area contributed by atoms with Crippen LogP contribution < -0.4 is 5.73 Å². The molecular weight excluding hydrogens is 407 g/mol. The molecule has 9 heteroatoms. The smallest absolute Gasteiger partial charge is 0.198 e. The van der Waals surface area contributed by atoms with Crippen molar-refractivity contribution >= 4 is 11.5 Å². The Kier molecular flexibility index (Phi) is 5.13. The second kappa shape index (κ2) is 7.98. The summed E-state index contributed by atoms with van der Waals surface area (Å²) in [5.74, 6) is 2.36. The van der Waals surface area contributed by atoms with Crippen molar-refractivity contribution in [2.45, 2.75) is 46.2 Å². The lowest BCUT2D eigenvalue weighted by Gasteiger charge is -2.29. The largest absolute Gasteiger partial charge is 0.381 e. The Morgan fingerprint density at radius 3 is 2.66 bits per heavy atom. The number of nitrogen functional groups attached to an aromatic ring is 1. The standard InChI is InChI=1S/C23H27FN8/c1-14(2)22-26-12-18-13-30(10-11-31(18)22)9-8-19-27-23-21(25)28-20(15(3)32(23)29-19)16-4-6-17(24)7-5-16/h4-7,12,14H,8-11,13H2,1-3H3,(H2,25,28). The summed E-state index contributed by atoms with van der Waals surface area (Å²) in [6, 6.07) is 6.22. The van der Waals surface area contributed by atoms with Crippen LogP contribution in [0.2, 0.25) is 0 Å². The predicted molar refractivity (Wildman–Crippen MR) is 121 cm³/mol. The third kappa shape index (κ3) is 3.62. The molecule has 1 aliphatic rings. The fraction of sp³-hybridized carbons (Fsp3) is 0.391. The van der Waals surface area contributed by atoms with E-state index < -0.39 is 0 Å². The molecule has 0 aliphatic carbocycles. The first-order chi connectivity index (χ1) is 15.4. The van der Waals surface area contributed by atoms with Crippen LogP contribution in [0.1, 0.15) is 42.8 Å². The summed E-state index contributed by atoms with van der Waals surface area (Å²) >= 11 is 0. The number of aryl methyl sites for hydroxylation is 1. The maximum atomic E-state index is 13.3. The van der Waals surface area contributed by atoms with Crippen molar-refractivity contribution in [2.75, 3.05) is 18.8 Å². The first-order valence-corrected chi connectivity index (χ1v) is 10.9. The highest BCUT2D eigenvalue weighted by atomic mass is 19.1. The highest BCUT2D eigenvalue weighted by molar-refractivity contribution is 5.69. The summed E-state index contributed by atoms with van der Waals surface area (Å²) in [6.07, 6.45) is 2.72. The molecule has 0 fully saturated rings. The molecule has 0 amide bonds. The average Bonchev–Trinajstić information content (AvgIpc) is 3.40. The lowest BCUT2D eigenvalue weighted by atomic mass is 10.1. The summed E-state index contributed by atoms with van der Waals surface area (Å²) < 4.78 is 17.4. The van der Waals surface area contributed by atoms with Gasteiger partial charge in [0.15, 0.2) is 17.3 Å². The van der Waals surface area contributed by atoms with Crippen LogP contribution in [-0.2, 0) is 19.5 Å². The average molecular weight is 435 g/mol. The maximum Gasteiger partial charge on any atom is 0.198 e. The predicted octanol–water partition coefficient (Wildman–Crippen LogP) is 3.20. The Labute approximate surface area is 185 Å². The van der Waals surface area contributed by atoms with Crippen LogP contribution >= 0.6 is 0 Å². The van der Waals surface area contributed by atoms with E-state index in [4.69, 9.17) is 10.8 Å². The Bertz CT molecular complexity index is 1270. The Balaban J connectivity index is 1.35. The topological polar surface area (TPSA) is 90.2 Å². The normalized spacial score (nSPS) is 14.4. The van der Waals surface area contributed by atoms with Gasteiger partial charge in [0.25, 0.3) is 0 Å². The summed E-state index contributed by atoms with van der Waals surface area (Å²) in [4.78, 5) is 16.2. The molecule has 0 atom stereocenters. The van der Waals surface area contributed by atoms with Gasteiger partial charge in [-0.1, -0.05) is 13.8 Å². The van der Waals surface area contributed by atoms with Gasteiger partial charge < -0.3 is 10.3 Å². The van der Waals surface area contributed by atoms with E-state index in [9.17, 15) is 4.39 Å². The van der Waals surface area contributed by atoms with Crippen LogP contribution in [0.25, 0.3) is 16.9 Å². The number of imidazole rings is 1. The van der Waals surface area contributed by atoms with Crippen LogP contribution in [-0.4, -0.2) is 47.1 Å². The third-order valence-corrected chi connectivity index (χ3v) is 6.05. The number of halogens is 1. The molecule has 2 N–H and O–H groups in total. The van der Waals surface area contributed by atoms with Gasteiger partial charge in [0.05, 0.1) is 17.1 Å². The number of nitrogens with zero attached hydrogens (tertiary/aromatic N) is 7. The molecule has 1 aliphatic heterocycles. The molecule has 0 saturated heterocycles. The fourth-order valence-corrected chi connectivity index (χ4v) is 4.36. The van der Waals surface area contributed by atoms with Crippen molar-refractivity contribution in [3.8, 4) is 11.3 Å². The van der Waals surface area contributed by atoms with Crippen molar-refractivity contribution in [2.24, 2.45) is 0 Å². The zero-order valence-electron chi connectivity index (χ0n) is 18.6. The molecule has 0 spiro atoms. The van der Waals surface area contributed by atoms with Crippen molar-refractivity contribution in [3.05, 3.63) is 59.3 Å². The minimum absolute atomic E-state index is 0.287. The SMILES string of the molecule is Cc1c(-c2ccc(F)cc2)nc(N)c2nc(CCN3CCn4c(cnc4C(C)C)C3)nn12. The molecular formula is C23H27FN8. The summed E-state index contributed by atoms with van der Waals surface area (Å²) in [5.41, 5.74) is 10.3. The highest BCUT2D eigenvalue weighted by Gasteiger charge is 2.21. The van der Waals surface area contributed by atoms with E-state index in [2.05, 4.69) is 38.3 Å². The van der Waals surface area contributed by atoms with Crippen LogP contribution in [0.15, 0.2) is 30.5 Å². The van der Waals surface area contributed by atoms with Gasteiger partial charge in [0.2, 0.25) is 0 Å². The number of rotatable bonds is 5. The summed E-state index contributed by atoms with van der Waals surface area (Å²) in [5, 5.41) is 4.70. The third-order valence-electron chi connectivity index (χ3n) is 6.05. The van der Waals surface area contributed by atoms with E-state index in [0.717, 1.165) is 55.5 Å². The second-order valence-electron chi connectivity index (χ2n) is 8.64. The van der Waals surface area contributed by atoms with Gasteiger partial charge in [0, 0.05) is 50.3 Å². The number of hydrogen-bond donors (Lipinski definition) is 1. The molecule has 1 aromatic carbocycles. The van der Waals surface area contributed by atoms with E-state index in [-0.39, 0.29) is 5.82 Å². The van der Waals surface area contributed by atoms with E-state index in [1.165, 1.54) is 17.8 Å². The molecule has 4 aromatic rings. The number of benzene rings is 1. The molecule has 8 nitrogen and oxygen atoms in total. The molecule has 0 radical (unpaired) electrons. The van der Waals surface area contributed by atoms with Gasteiger partial charge in [-0.15, -0.1) is 0 Å². The van der Waals surface area contributed by atoms with Crippen molar-refractivity contribution < 1.29 is 4.39 Å². The van der Waals surface area contributed by atoms with Gasteiger partial charge in [-0.05, 0) is 31.2 Å². The van der Waals surface area contributed by atoms with Crippen LogP contribution in [0.4, 0.5) is 10.2 Å². The monoisotopic (exact) mass is 434 g/mol. The summed E-state index contributed by atoms with van der Waals surface area (Å²) in [7, 11) is 0. The van der Waals surface area contributed by atoms with Crippen LogP contribution in [0, 0.1) is 12.7 Å². The zero-order chi connectivity index (χ0) is 22.4. The van der Waals surface area contributed by atoms with Crippen LogP contribution in [0.5, 0.6) is 0 Å². The number of anilines is 1. The Hall–Kier alpha value is -3.33. The van der Waals surface area contributed by atoms with Gasteiger partial charge in [-0.3, -0.25) is 4.90 Å². The van der Waals surface area contributed by atoms with E-state index in [1.54, 1.807) is 16.6 Å². The van der Waals surface area contributed by atoms with E-state index >= 15 is 0 Å². The van der Waals surface area contributed by atoms with Crippen molar-refractivity contribution in [3.63, 3.8) is 0 Å². The fourth-order valence-electron chi connectivity index (χ4n) is 4.36. The molecule has 166 valence electrons. The van der Waals surface area contributed by atoms with Gasteiger partial charge in [-0.2, -0.15) is 5.10 Å². The number of aromatic nitrogens is 6. The number of nitrogens with two attached hydrogens (primary N) is 1. The Morgan fingerprint density at radius 2 is 1.91 bits per heavy atom. The first-order valence-electron chi connectivity index (χ1n) is 10.9. The van der Waals surface area contributed by atoms with Gasteiger partial charge >= 0.3 is 0 Å². The second-order valence-corrected chi connectivity index (χ2v) is 8.64. The lowest BCUT2D eigenvalue weighted by Crippen LogP contribution is -2.35. The molecule has 0 bridgehead atoms. The molecule has 5 rings (SSSR count). The van der Waals surface area contributed by atoms with Crippen molar-refractivity contribution in [1.29, 1.82) is 0 Å². The molecule has 32 heavy (non-hydrogen) atoms. The zero-order valence-corrected chi connectivity index (χ0v) is 18.6. The lowest BCUT2D eigenvalue weighted by molar-refractivity contribution is 0.220. The molecule has 4 heterocycles. The number of fused-ring (bicyclic) bond motifs is 2. The van der Waals surface area contributed by atoms with E-state index in [1.807, 2.05) is 13.1 Å². The van der Waals surface area contributed by atoms with Crippen LogP contribution in [0.3, 0.4) is 0 Å². The highest BCUT2D eigenvalue weighted by Crippen LogP contribution is 2.25. The van der Waals surface area contributed by atoms with Crippen molar-refractivity contribution in [1.82, 2.24) is 34.0 Å². The quantitative estimate of drug-likeness (QED) is 0.519. The maximum absolute atomic E-state index is 13.3. The van der Waals surface area contributed by atoms with Gasteiger partial charge in [0.1, 0.15) is 11.6 Å². The first kappa shape index (κ1) is 20.6. The number of hydrogen-bond acceptors (Lipinski definition) is 6. The summed E-state index contributed by atoms with van der Waals surface area (Å²) in [6.45, 7) is 9.96. The Morgan fingerprint density at radius 1 is 1.12 bits per heavy atom.